The van der Waals surface area contributed by atoms with E-state index in [2.05, 4.69) is 24.1 Å². The SMILES string of the molecule is [CH2-][NH2+]C1CCSCC1. The Labute approximate surface area is 55.2 Å². The fraction of sp³-hybridized carbons (Fsp3) is 0.833. The molecular weight excluding hydrogens is 118 g/mol. The van der Waals surface area contributed by atoms with Crippen LogP contribution in [0.25, 0.3) is 0 Å². The van der Waals surface area contributed by atoms with Gasteiger partial charge in [-0.1, -0.05) is 0 Å². The Balaban J connectivity index is 2.13. The molecule has 0 saturated carbocycles. The van der Waals surface area contributed by atoms with Gasteiger partial charge in [-0.15, -0.1) is 0 Å². The first-order chi connectivity index (χ1) is 3.93. The van der Waals surface area contributed by atoms with Crippen LogP contribution in [0.5, 0.6) is 0 Å². The first-order valence-electron chi connectivity index (χ1n) is 3.14. The first-order valence-corrected chi connectivity index (χ1v) is 4.29. The molecule has 0 aromatic heterocycles. The highest BCUT2D eigenvalue weighted by Crippen LogP contribution is 2.13. The summed E-state index contributed by atoms with van der Waals surface area (Å²) in [5.41, 5.74) is 0. The fourth-order valence-electron chi connectivity index (χ4n) is 0.952. The lowest BCUT2D eigenvalue weighted by atomic mass is 10.2. The molecule has 1 heterocycles. The summed E-state index contributed by atoms with van der Waals surface area (Å²) in [6.45, 7) is 0. The highest BCUT2D eigenvalue weighted by atomic mass is 32.2. The van der Waals surface area contributed by atoms with Gasteiger partial charge < -0.3 is 5.32 Å². The van der Waals surface area contributed by atoms with Crippen molar-refractivity contribution in [2.75, 3.05) is 11.5 Å². The summed E-state index contributed by atoms with van der Waals surface area (Å²) in [4.78, 5) is 0. The quantitative estimate of drug-likeness (QED) is 0.504. The van der Waals surface area contributed by atoms with Gasteiger partial charge in [0.2, 0.25) is 0 Å². The Morgan fingerprint density at radius 2 is 2.00 bits per heavy atom. The van der Waals surface area contributed by atoms with Crippen LogP contribution in [0.1, 0.15) is 12.8 Å². The van der Waals surface area contributed by atoms with E-state index < -0.39 is 0 Å². The van der Waals surface area contributed by atoms with Gasteiger partial charge in [0.1, 0.15) is 0 Å². The molecule has 0 spiro atoms. The largest absolute Gasteiger partial charge is 0.476 e. The van der Waals surface area contributed by atoms with E-state index in [0.29, 0.717) is 0 Å². The van der Waals surface area contributed by atoms with Crippen LogP contribution < -0.4 is 5.32 Å². The third kappa shape index (κ3) is 1.67. The van der Waals surface area contributed by atoms with Gasteiger partial charge in [0.05, 0.1) is 6.04 Å². The van der Waals surface area contributed by atoms with Crippen LogP contribution in [0.3, 0.4) is 0 Å². The van der Waals surface area contributed by atoms with Gasteiger partial charge in [-0.05, 0) is 11.5 Å². The molecule has 48 valence electrons. The maximum absolute atomic E-state index is 3.78. The monoisotopic (exact) mass is 131 g/mol. The number of rotatable bonds is 1. The zero-order chi connectivity index (χ0) is 5.82. The summed E-state index contributed by atoms with van der Waals surface area (Å²) in [6.07, 6.45) is 2.71. The van der Waals surface area contributed by atoms with Crippen LogP contribution in [0.4, 0.5) is 0 Å². The van der Waals surface area contributed by atoms with Crippen LogP contribution in [0, 0.1) is 7.05 Å². The molecule has 0 bridgehead atoms. The zero-order valence-electron chi connectivity index (χ0n) is 5.10. The third-order valence-corrected chi connectivity index (χ3v) is 2.65. The molecule has 1 rings (SSSR count). The minimum Gasteiger partial charge on any atom is -0.476 e. The van der Waals surface area contributed by atoms with Crippen molar-refractivity contribution in [3.63, 3.8) is 0 Å². The third-order valence-electron chi connectivity index (χ3n) is 1.60. The van der Waals surface area contributed by atoms with E-state index in [1.165, 1.54) is 24.3 Å². The van der Waals surface area contributed by atoms with Gasteiger partial charge in [0, 0.05) is 12.8 Å². The van der Waals surface area contributed by atoms with Crippen LogP contribution in [-0.2, 0) is 0 Å². The first kappa shape index (κ1) is 6.43. The summed E-state index contributed by atoms with van der Waals surface area (Å²) in [6, 6.07) is 0.830. The number of hydrogen-bond donors (Lipinski definition) is 1. The number of hydrogen-bond acceptors (Lipinski definition) is 1. The maximum Gasteiger partial charge on any atom is 0.0636 e. The van der Waals surface area contributed by atoms with Crippen LogP contribution >= 0.6 is 11.8 Å². The van der Waals surface area contributed by atoms with Gasteiger partial charge in [-0.3, -0.25) is 0 Å². The zero-order valence-corrected chi connectivity index (χ0v) is 5.91. The van der Waals surface area contributed by atoms with Crippen molar-refractivity contribution in [3.8, 4) is 0 Å². The second kappa shape index (κ2) is 3.36. The molecule has 0 amide bonds. The molecule has 1 aliphatic rings. The average molecular weight is 131 g/mol. The smallest absolute Gasteiger partial charge is 0.0636 e. The van der Waals surface area contributed by atoms with Crippen LogP contribution in [0.15, 0.2) is 0 Å². The fourth-order valence-corrected chi connectivity index (χ4v) is 2.09. The summed E-state index contributed by atoms with van der Waals surface area (Å²) in [5, 5.41) is 2.10. The maximum atomic E-state index is 3.78. The molecular formula is C6H13NS. The van der Waals surface area contributed by atoms with Crippen molar-refractivity contribution in [2.24, 2.45) is 0 Å². The number of quaternary nitrogens is 1. The number of nitrogens with two attached hydrogens (primary N) is 1. The summed E-state index contributed by atoms with van der Waals surface area (Å²) in [5.74, 6) is 2.69. The van der Waals surface area contributed by atoms with E-state index in [9.17, 15) is 0 Å². The highest BCUT2D eigenvalue weighted by Gasteiger charge is 2.11. The predicted octanol–water partition coefficient (Wildman–Crippen LogP) is 0.237. The highest BCUT2D eigenvalue weighted by molar-refractivity contribution is 7.99. The van der Waals surface area contributed by atoms with E-state index in [4.69, 9.17) is 0 Å². The lowest BCUT2D eigenvalue weighted by molar-refractivity contribution is -0.634. The standard InChI is InChI=1S/C6H13NS/c1-7-6-2-4-8-5-3-6/h6H,1-5,7H2. The molecule has 0 unspecified atom stereocenters. The van der Waals surface area contributed by atoms with Gasteiger partial charge in [0.25, 0.3) is 0 Å². The van der Waals surface area contributed by atoms with Gasteiger partial charge in [-0.2, -0.15) is 18.8 Å². The van der Waals surface area contributed by atoms with E-state index in [1.807, 2.05) is 0 Å². The average Bonchev–Trinajstić information content (AvgIpc) is 1.90. The summed E-state index contributed by atoms with van der Waals surface area (Å²) >= 11 is 2.07. The summed E-state index contributed by atoms with van der Waals surface area (Å²) in [7, 11) is 3.78. The lowest BCUT2D eigenvalue weighted by Crippen LogP contribution is -2.84. The Bertz CT molecular complexity index is 59.5. The molecule has 0 atom stereocenters. The topological polar surface area (TPSA) is 16.6 Å². The van der Waals surface area contributed by atoms with Gasteiger partial charge in [-0.25, -0.2) is 0 Å². The molecule has 1 nitrogen and oxygen atoms in total. The molecule has 1 aliphatic heterocycles. The molecule has 2 N–H and O–H groups in total. The lowest BCUT2D eigenvalue weighted by Gasteiger charge is -2.20. The van der Waals surface area contributed by atoms with Crippen LogP contribution in [0.2, 0.25) is 0 Å². The van der Waals surface area contributed by atoms with E-state index in [1.54, 1.807) is 0 Å². The van der Waals surface area contributed by atoms with E-state index in [0.717, 1.165) is 6.04 Å². The second-order valence-corrected chi connectivity index (χ2v) is 3.41. The Hall–Kier alpha value is 0.310. The minimum atomic E-state index is 0.830. The minimum absolute atomic E-state index is 0.830. The van der Waals surface area contributed by atoms with Crippen molar-refractivity contribution in [1.29, 1.82) is 0 Å². The molecule has 8 heavy (non-hydrogen) atoms. The van der Waals surface area contributed by atoms with Gasteiger partial charge >= 0.3 is 0 Å². The molecule has 1 fully saturated rings. The summed E-state index contributed by atoms with van der Waals surface area (Å²) < 4.78 is 0. The molecule has 2 heteroatoms. The Morgan fingerprint density at radius 3 is 2.38 bits per heavy atom. The van der Waals surface area contributed by atoms with Crippen molar-refractivity contribution in [2.45, 2.75) is 18.9 Å². The predicted molar refractivity (Wildman–Crippen MR) is 37.6 cm³/mol. The van der Waals surface area contributed by atoms with Crippen molar-refractivity contribution >= 4 is 11.8 Å². The molecule has 0 aromatic carbocycles. The second-order valence-electron chi connectivity index (χ2n) is 2.19. The van der Waals surface area contributed by atoms with E-state index >= 15 is 0 Å². The molecule has 0 aromatic rings. The molecule has 0 aliphatic carbocycles. The van der Waals surface area contributed by atoms with Crippen molar-refractivity contribution in [3.05, 3.63) is 7.05 Å². The Morgan fingerprint density at radius 1 is 1.38 bits per heavy atom. The number of thioether (sulfide) groups is 1. The van der Waals surface area contributed by atoms with Gasteiger partial charge in [0.15, 0.2) is 0 Å². The van der Waals surface area contributed by atoms with Crippen molar-refractivity contribution in [1.82, 2.24) is 0 Å². The van der Waals surface area contributed by atoms with E-state index in [-0.39, 0.29) is 0 Å². The normalized spacial score (nSPS) is 23.6. The van der Waals surface area contributed by atoms with Crippen LogP contribution in [-0.4, -0.2) is 17.5 Å². The molecule has 0 radical (unpaired) electrons. The van der Waals surface area contributed by atoms with Crippen molar-refractivity contribution < 1.29 is 5.32 Å². The molecule has 1 saturated heterocycles. The Kier molecular flexibility index (Phi) is 2.70.